The van der Waals surface area contributed by atoms with Crippen LogP contribution in [0.3, 0.4) is 0 Å². The van der Waals surface area contributed by atoms with Gasteiger partial charge in [0.05, 0.1) is 11.2 Å². The Kier molecular flexibility index (Phi) is 7.92. The lowest BCUT2D eigenvalue weighted by molar-refractivity contribution is -0.137. The van der Waals surface area contributed by atoms with Crippen LogP contribution < -0.4 is 9.47 Å². The molecular formula is C19H23BF3O5. The fourth-order valence-corrected chi connectivity index (χ4v) is 1.88. The molecule has 0 bridgehead atoms. The van der Waals surface area contributed by atoms with Crippen LogP contribution in [0.15, 0.2) is 48.5 Å². The van der Waals surface area contributed by atoms with Crippen LogP contribution in [-0.2, 0) is 6.18 Å². The smallest absolute Gasteiger partial charge is 0.481 e. The Morgan fingerprint density at radius 3 is 1.89 bits per heavy atom. The van der Waals surface area contributed by atoms with Crippen LogP contribution in [0.2, 0.25) is 0 Å². The normalized spacial score (nSPS) is 11.9. The Labute approximate surface area is 162 Å². The van der Waals surface area contributed by atoms with Gasteiger partial charge in [-0.2, -0.15) is 13.2 Å². The van der Waals surface area contributed by atoms with Crippen molar-refractivity contribution in [3.8, 4) is 17.2 Å². The van der Waals surface area contributed by atoms with Gasteiger partial charge in [-0.1, -0.05) is 18.2 Å². The van der Waals surface area contributed by atoms with Crippen molar-refractivity contribution in [3.05, 3.63) is 54.1 Å². The summed E-state index contributed by atoms with van der Waals surface area (Å²) in [6, 6.07) is 11.3. The van der Waals surface area contributed by atoms with E-state index in [0.717, 1.165) is 12.1 Å². The number of alkyl halides is 3. The van der Waals surface area contributed by atoms with E-state index in [1.54, 1.807) is 52.0 Å². The first kappa shape index (κ1) is 23.8. The summed E-state index contributed by atoms with van der Waals surface area (Å²) in [5.74, 6) is 0.637. The molecule has 0 aliphatic heterocycles. The Bertz CT molecular complexity index is 758. The van der Waals surface area contributed by atoms with E-state index in [0.29, 0.717) is 5.75 Å². The number of benzene rings is 2. The van der Waals surface area contributed by atoms with Gasteiger partial charge in [0.25, 0.3) is 0 Å². The van der Waals surface area contributed by atoms with Crippen LogP contribution >= 0.6 is 0 Å². The molecule has 0 saturated heterocycles. The molecule has 0 aliphatic rings. The second-order valence-corrected chi connectivity index (χ2v) is 6.86. The first-order valence-corrected chi connectivity index (χ1v) is 8.27. The summed E-state index contributed by atoms with van der Waals surface area (Å²) in [6.07, 6.45) is -4.45. The van der Waals surface area contributed by atoms with Crippen LogP contribution in [0, 0.1) is 0 Å². The Hall–Kier alpha value is -2.23. The summed E-state index contributed by atoms with van der Waals surface area (Å²) in [6.45, 7) is 6.66. The molecule has 0 aliphatic carbocycles. The van der Waals surface area contributed by atoms with E-state index >= 15 is 0 Å². The van der Waals surface area contributed by atoms with E-state index in [4.69, 9.17) is 19.5 Å². The van der Waals surface area contributed by atoms with Gasteiger partial charge in [-0.25, -0.2) is 0 Å². The molecule has 0 fully saturated rings. The SMILES string of the molecule is CC(C)(O)C(C)(C)Oc1ccccc1Oc1cccc(C(F)(F)F)c1.O[B]O. The highest BCUT2D eigenvalue weighted by Crippen LogP contribution is 2.38. The first-order chi connectivity index (χ1) is 12.8. The van der Waals surface area contributed by atoms with Gasteiger partial charge in [-0.05, 0) is 58.0 Å². The predicted molar refractivity (Wildman–Crippen MR) is 99.2 cm³/mol. The summed E-state index contributed by atoms with van der Waals surface area (Å²) in [5.41, 5.74) is -2.88. The van der Waals surface area contributed by atoms with Crippen molar-refractivity contribution in [2.45, 2.75) is 45.1 Å². The van der Waals surface area contributed by atoms with Crippen LogP contribution in [0.25, 0.3) is 0 Å². The predicted octanol–water partition coefficient (Wildman–Crippen LogP) is 3.93. The lowest BCUT2D eigenvalue weighted by Crippen LogP contribution is -2.49. The number of aliphatic hydroxyl groups is 1. The van der Waals surface area contributed by atoms with Gasteiger partial charge in [0, 0.05) is 0 Å². The van der Waals surface area contributed by atoms with Crippen molar-refractivity contribution in [3.63, 3.8) is 0 Å². The second kappa shape index (κ2) is 9.31. The Balaban J connectivity index is 0.00000122. The molecule has 28 heavy (non-hydrogen) atoms. The van der Waals surface area contributed by atoms with Crippen molar-refractivity contribution in [2.75, 3.05) is 0 Å². The molecule has 0 aromatic heterocycles. The van der Waals surface area contributed by atoms with Crippen LogP contribution in [0.5, 0.6) is 17.2 Å². The van der Waals surface area contributed by atoms with Gasteiger partial charge in [-0.3, -0.25) is 0 Å². The molecule has 153 valence electrons. The van der Waals surface area contributed by atoms with Crippen LogP contribution in [0.4, 0.5) is 13.2 Å². The molecule has 9 heteroatoms. The molecule has 0 saturated carbocycles. The van der Waals surface area contributed by atoms with Crippen LogP contribution in [-0.4, -0.2) is 34.0 Å². The number of hydrogen-bond donors (Lipinski definition) is 3. The first-order valence-electron chi connectivity index (χ1n) is 8.27. The largest absolute Gasteiger partial charge is 0.482 e. The van der Waals surface area contributed by atoms with Gasteiger partial charge < -0.3 is 24.6 Å². The average molecular weight is 399 g/mol. The number of para-hydroxylation sites is 2. The topological polar surface area (TPSA) is 79.2 Å². The van der Waals surface area contributed by atoms with Gasteiger partial charge in [-0.15, -0.1) is 0 Å². The maximum absolute atomic E-state index is 12.8. The molecular weight excluding hydrogens is 376 g/mol. The van der Waals surface area contributed by atoms with E-state index < -0.39 is 22.9 Å². The molecule has 0 atom stereocenters. The monoisotopic (exact) mass is 399 g/mol. The minimum Gasteiger partial charge on any atom is -0.481 e. The number of ether oxygens (including phenoxy) is 2. The summed E-state index contributed by atoms with van der Waals surface area (Å²) in [7, 11) is 0. The standard InChI is InChI=1S/C19H21F3O3.BH2O2/c1-17(2,23)18(3,4)25-16-11-6-5-10-15(16)24-14-9-7-8-13(12-14)19(20,21)22;2-1-3/h5-12,23H,1-4H3;2-3H. The van der Waals surface area contributed by atoms with E-state index in [2.05, 4.69) is 0 Å². The van der Waals surface area contributed by atoms with Crippen molar-refractivity contribution < 1.29 is 37.8 Å². The lowest BCUT2D eigenvalue weighted by Gasteiger charge is -2.37. The van der Waals surface area contributed by atoms with E-state index in [-0.39, 0.29) is 19.2 Å². The third-order valence-corrected chi connectivity index (χ3v) is 4.08. The van der Waals surface area contributed by atoms with Crippen LogP contribution in [0.1, 0.15) is 33.3 Å². The van der Waals surface area contributed by atoms with E-state index in [9.17, 15) is 18.3 Å². The van der Waals surface area contributed by atoms with Crippen molar-refractivity contribution in [1.29, 1.82) is 0 Å². The highest BCUT2D eigenvalue weighted by Gasteiger charge is 2.38. The second-order valence-electron chi connectivity index (χ2n) is 6.86. The molecule has 2 aromatic rings. The summed E-state index contributed by atoms with van der Waals surface area (Å²) in [4.78, 5) is 0. The van der Waals surface area contributed by atoms with Crippen molar-refractivity contribution in [1.82, 2.24) is 0 Å². The zero-order chi connectivity index (χ0) is 21.6. The maximum atomic E-state index is 12.8. The van der Waals surface area contributed by atoms with Gasteiger partial charge in [0.1, 0.15) is 11.4 Å². The molecule has 0 heterocycles. The third kappa shape index (κ3) is 6.74. The number of rotatable bonds is 5. The highest BCUT2D eigenvalue weighted by atomic mass is 19.4. The molecule has 2 rings (SSSR count). The minimum atomic E-state index is -4.45. The molecule has 2 aromatic carbocycles. The zero-order valence-electron chi connectivity index (χ0n) is 16.0. The van der Waals surface area contributed by atoms with Gasteiger partial charge >= 0.3 is 13.9 Å². The molecule has 5 nitrogen and oxygen atoms in total. The molecule has 0 unspecified atom stereocenters. The molecule has 0 spiro atoms. The fraction of sp³-hybridized carbons (Fsp3) is 0.368. The van der Waals surface area contributed by atoms with E-state index in [1.165, 1.54) is 12.1 Å². The minimum absolute atomic E-state index is 0. The molecule has 3 N–H and O–H groups in total. The highest BCUT2D eigenvalue weighted by molar-refractivity contribution is 6.13. The fourth-order valence-electron chi connectivity index (χ4n) is 1.88. The lowest BCUT2D eigenvalue weighted by atomic mass is 9.89. The summed E-state index contributed by atoms with van der Waals surface area (Å²) >= 11 is 0. The van der Waals surface area contributed by atoms with E-state index in [1.807, 2.05) is 0 Å². The summed E-state index contributed by atoms with van der Waals surface area (Å²) < 4.78 is 50.0. The number of hydrogen-bond acceptors (Lipinski definition) is 5. The van der Waals surface area contributed by atoms with Crippen molar-refractivity contribution >= 4 is 7.69 Å². The number of halogens is 3. The maximum Gasteiger partial charge on any atom is 0.482 e. The molecule has 1 radical (unpaired) electrons. The average Bonchev–Trinajstić information content (AvgIpc) is 2.56. The van der Waals surface area contributed by atoms with Gasteiger partial charge in [0.2, 0.25) is 0 Å². The van der Waals surface area contributed by atoms with Crippen molar-refractivity contribution in [2.24, 2.45) is 0 Å². The Morgan fingerprint density at radius 1 is 0.857 bits per heavy atom. The molecule has 0 amide bonds. The Morgan fingerprint density at radius 2 is 1.39 bits per heavy atom. The summed E-state index contributed by atoms with van der Waals surface area (Å²) in [5, 5.41) is 24.2. The zero-order valence-corrected chi connectivity index (χ0v) is 16.0. The third-order valence-electron chi connectivity index (χ3n) is 4.08. The van der Waals surface area contributed by atoms with Gasteiger partial charge in [0.15, 0.2) is 11.5 Å². The quantitative estimate of drug-likeness (QED) is 0.664.